The smallest absolute Gasteiger partial charge is 0.0661 e. The van der Waals surface area contributed by atoms with E-state index in [-0.39, 0.29) is 5.92 Å². The van der Waals surface area contributed by atoms with Gasteiger partial charge in [-0.3, -0.25) is 0 Å². The van der Waals surface area contributed by atoms with E-state index in [0.29, 0.717) is 17.8 Å². The van der Waals surface area contributed by atoms with E-state index in [1.54, 1.807) is 0 Å². The first-order valence-electron chi connectivity index (χ1n) is 18.4. The Morgan fingerprint density at radius 3 is 2.12 bits per heavy atom. The van der Waals surface area contributed by atoms with Gasteiger partial charge in [0.25, 0.3) is 0 Å². The lowest BCUT2D eigenvalue weighted by atomic mass is 9.55. The van der Waals surface area contributed by atoms with Crippen LogP contribution in [0.2, 0.25) is 0 Å². The van der Waals surface area contributed by atoms with E-state index in [9.17, 15) is 5.26 Å². The lowest BCUT2D eigenvalue weighted by Gasteiger charge is -2.49. The highest BCUT2D eigenvalue weighted by Crippen LogP contribution is 2.53. The number of nitriles is 1. The first-order valence-corrected chi connectivity index (χ1v) is 18.4. The molecule has 1 heteroatoms. The highest BCUT2D eigenvalue weighted by molar-refractivity contribution is 5.03. The van der Waals surface area contributed by atoms with Crippen molar-refractivity contribution in [1.82, 2.24) is 0 Å². The van der Waals surface area contributed by atoms with E-state index in [2.05, 4.69) is 53.3 Å². The molecule has 4 aliphatic rings. The summed E-state index contributed by atoms with van der Waals surface area (Å²) in [5, 5.41) is 10.5. The second-order valence-corrected chi connectivity index (χ2v) is 16.1. The van der Waals surface area contributed by atoms with Gasteiger partial charge in [0.2, 0.25) is 0 Å². The van der Waals surface area contributed by atoms with E-state index in [1.807, 2.05) is 0 Å². The maximum atomic E-state index is 10.5. The summed E-state index contributed by atoms with van der Waals surface area (Å²) in [6.07, 6.45) is 27.4. The summed E-state index contributed by atoms with van der Waals surface area (Å²) in [7, 11) is 0. The largest absolute Gasteiger partial charge is 0.198 e. The minimum absolute atomic E-state index is 0.255. The minimum atomic E-state index is 0.255. The lowest BCUT2D eigenvalue weighted by Crippen LogP contribution is -2.42. The van der Waals surface area contributed by atoms with Gasteiger partial charge >= 0.3 is 0 Å². The Kier molecular flexibility index (Phi) is 12.6. The third-order valence-electron chi connectivity index (χ3n) is 13.6. The van der Waals surface area contributed by atoms with E-state index in [0.717, 1.165) is 59.7 Å². The summed E-state index contributed by atoms with van der Waals surface area (Å²) in [5.41, 5.74) is 0. The molecule has 0 saturated heterocycles. The topological polar surface area (TPSA) is 23.8 Å². The fourth-order valence-electron chi connectivity index (χ4n) is 11.1. The van der Waals surface area contributed by atoms with Crippen molar-refractivity contribution in [3.05, 3.63) is 12.7 Å². The highest BCUT2D eigenvalue weighted by Gasteiger charge is 2.46. The van der Waals surface area contributed by atoms with Gasteiger partial charge in [0.15, 0.2) is 0 Å². The Balaban J connectivity index is 1.50. The molecule has 40 heavy (non-hydrogen) atoms. The van der Waals surface area contributed by atoms with Gasteiger partial charge in [0.1, 0.15) is 0 Å². The normalized spacial score (nSPS) is 42.1. The van der Waals surface area contributed by atoms with Crippen LogP contribution in [0, 0.1) is 88.3 Å². The van der Waals surface area contributed by atoms with Crippen LogP contribution in [-0.2, 0) is 0 Å². The molecule has 1 nitrogen and oxygen atoms in total. The van der Waals surface area contributed by atoms with Crippen LogP contribution in [0.5, 0.6) is 0 Å². The molecule has 4 fully saturated rings. The number of hydrogen-bond acceptors (Lipinski definition) is 1. The number of nitrogens with zero attached hydrogens (tertiary/aromatic N) is 1. The van der Waals surface area contributed by atoms with Crippen LogP contribution in [0.4, 0.5) is 0 Å². The van der Waals surface area contributed by atoms with E-state index in [4.69, 9.17) is 0 Å². The Morgan fingerprint density at radius 1 is 0.750 bits per heavy atom. The predicted octanol–water partition coefficient (Wildman–Crippen LogP) is 11.9. The zero-order valence-electron chi connectivity index (χ0n) is 27.5. The zero-order valence-corrected chi connectivity index (χ0v) is 27.5. The standard InChI is InChI=1S/C39H67N/c1-7-14-36-35(24-34-20-13-16-29(5)37(34)25-33-19-12-15-28(4)30(33)6)23-32(8-2)39(26-40)38(36)22-27(3)21-31-17-10-9-11-18-31/h7,27-39H,1,8-25H2,2-6H3/t27?,28-,29+,30?,32+,33?,34+,35+,36?,37?,38-,39+/m1/s1. The average molecular weight is 550 g/mol. The molecule has 5 unspecified atom stereocenters. The molecule has 4 rings (SSSR count). The van der Waals surface area contributed by atoms with Gasteiger partial charge < -0.3 is 0 Å². The molecule has 228 valence electrons. The Morgan fingerprint density at radius 2 is 1.45 bits per heavy atom. The molecule has 0 N–H and O–H groups in total. The average Bonchev–Trinajstić information content (AvgIpc) is 2.94. The second-order valence-electron chi connectivity index (χ2n) is 16.1. The molecule has 0 aromatic rings. The van der Waals surface area contributed by atoms with E-state index in [1.165, 1.54) is 109 Å². The third-order valence-corrected chi connectivity index (χ3v) is 13.6. The molecule has 0 heterocycles. The molecule has 4 saturated carbocycles. The Hall–Kier alpha value is -0.770. The van der Waals surface area contributed by atoms with Gasteiger partial charge in [0, 0.05) is 0 Å². The zero-order chi connectivity index (χ0) is 28.6. The fourth-order valence-corrected chi connectivity index (χ4v) is 11.1. The van der Waals surface area contributed by atoms with Crippen LogP contribution in [0.1, 0.15) is 150 Å². The fraction of sp³-hybridized carbons (Fsp3) is 0.923. The molecule has 12 atom stereocenters. The molecule has 0 aliphatic heterocycles. The maximum Gasteiger partial charge on any atom is 0.0661 e. The van der Waals surface area contributed by atoms with Crippen molar-refractivity contribution in [1.29, 1.82) is 5.26 Å². The van der Waals surface area contributed by atoms with Crippen LogP contribution in [-0.4, -0.2) is 0 Å². The highest BCUT2D eigenvalue weighted by atomic mass is 14.5. The summed E-state index contributed by atoms with van der Waals surface area (Å²) in [6.45, 7) is 16.9. The molecule has 0 radical (unpaired) electrons. The maximum absolute atomic E-state index is 10.5. The van der Waals surface area contributed by atoms with Gasteiger partial charge in [-0.2, -0.15) is 5.26 Å². The third kappa shape index (κ3) is 7.99. The van der Waals surface area contributed by atoms with Gasteiger partial charge in [-0.25, -0.2) is 0 Å². The molecular weight excluding hydrogens is 482 g/mol. The van der Waals surface area contributed by atoms with Crippen LogP contribution >= 0.6 is 0 Å². The van der Waals surface area contributed by atoms with Crippen molar-refractivity contribution in [3.63, 3.8) is 0 Å². The van der Waals surface area contributed by atoms with Crippen LogP contribution in [0.15, 0.2) is 12.7 Å². The summed E-state index contributed by atoms with van der Waals surface area (Å²) in [6, 6.07) is 2.92. The Bertz CT molecular complexity index is 787. The monoisotopic (exact) mass is 550 g/mol. The first kappa shape index (κ1) is 32.2. The van der Waals surface area contributed by atoms with Crippen molar-refractivity contribution < 1.29 is 0 Å². The van der Waals surface area contributed by atoms with Crippen LogP contribution in [0.25, 0.3) is 0 Å². The summed E-state index contributed by atoms with van der Waals surface area (Å²) in [5.74, 6) is 10.1. The summed E-state index contributed by atoms with van der Waals surface area (Å²) in [4.78, 5) is 0. The SMILES string of the molecule is C=CCC1[C@H](C[C@@H]2CCC[C@H](C)C2CC2CCC[C@@H](C)C2C)C[C@H](CC)[C@H](C#N)[C@@H]1CC(C)CC1CCCCC1. The molecule has 0 aromatic heterocycles. The molecule has 0 bridgehead atoms. The molecular formula is C39H67N. The molecule has 4 aliphatic carbocycles. The van der Waals surface area contributed by atoms with Crippen LogP contribution in [0.3, 0.4) is 0 Å². The van der Waals surface area contributed by atoms with E-state index < -0.39 is 0 Å². The van der Waals surface area contributed by atoms with Crippen molar-refractivity contribution in [2.45, 2.75) is 150 Å². The van der Waals surface area contributed by atoms with Crippen molar-refractivity contribution in [2.24, 2.45) is 76.9 Å². The number of allylic oxidation sites excluding steroid dienone is 1. The number of rotatable bonds is 11. The molecule has 0 amide bonds. The molecule has 0 aromatic carbocycles. The predicted molar refractivity (Wildman–Crippen MR) is 173 cm³/mol. The van der Waals surface area contributed by atoms with Gasteiger partial charge in [-0.05, 0) is 110 Å². The first-order chi connectivity index (χ1) is 19.4. The quantitative estimate of drug-likeness (QED) is 0.235. The summed E-state index contributed by atoms with van der Waals surface area (Å²) < 4.78 is 0. The van der Waals surface area contributed by atoms with E-state index >= 15 is 0 Å². The molecule has 0 spiro atoms. The van der Waals surface area contributed by atoms with Gasteiger partial charge in [-0.15, -0.1) is 6.58 Å². The van der Waals surface area contributed by atoms with Gasteiger partial charge in [0.05, 0.1) is 12.0 Å². The van der Waals surface area contributed by atoms with Gasteiger partial charge in [-0.1, -0.05) is 118 Å². The Labute approximate surface area is 250 Å². The summed E-state index contributed by atoms with van der Waals surface area (Å²) >= 11 is 0. The second kappa shape index (κ2) is 15.6. The van der Waals surface area contributed by atoms with Crippen molar-refractivity contribution in [3.8, 4) is 6.07 Å². The van der Waals surface area contributed by atoms with Crippen molar-refractivity contribution >= 4 is 0 Å². The van der Waals surface area contributed by atoms with Crippen molar-refractivity contribution in [2.75, 3.05) is 0 Å². The van der Waals surface area contributed by atoms with Crippen LogP contribution < -0.4 is 0 Å². The lowest BCUT2D eigenvalue weighted by molar-refractivity contribution is 0.0104. The number of hydrogen-bond donors (Lipinski definition) is 0. The minimum Gasteiger partial charge on any atom is -0.198 e.